The van der Waals surface area contributed by atoms with E-state index in [2.05, 4.69) is 16.3 Å². The van der Waals surface area contributed by atoms with Gasteiger partial charge in [0.25, 0.3) is 5.91 Å². The van der Waals surface area contributed by atoms with Crippen molar-refractivity contribution in [2.45, 2.75) is 31.8 Å². The molecule has 1 N–H and O–H groups in total. The maximum atomic E-state index is 12.0. The molecule has 1 aliphatic carbocycles. The summed E-state index contributed by atoms with van der Waals surface area (Å²) in [5.74, 6) is 1.88. The highest BCUT2D eigenvalue weighted by atomic mass is 35.5. The van der Waals surface area contributed by atoms with Crippen molar-refractivity contribution in [1.82, 2.24) is 15.1 Å². The monoisotopic (exact) mass is 309 g/mol. The predicted octanol–water partition coefficient (Wildman–Crippen LogP) is 2.13. The Balaban J connectivity index is 1.58. The molecule has 0 aromatic heterocycles. The number of carbonyl (C=O) groups is 1. The number of carbonyl (C=O) groups excluding carboxylic acids is 1. The predicted molar refractivity (Wildman–Crippen MR) is 84.7 cm³/mol. The Kier molecular flexibility index (Phi) is 4.27. The normalized spacial score (nSPS) is 27.7. The minimum Gasteiger partial charge on any atom is -0.356 e. The van der Waals surface area contributed by atoms with Crippen LogP contribution in [0.4, 0.5) is 0 Å². The molecule has 1 atom stereocenters. The van der Waals surface area contributed by atoms with E-state index in [0.717, 1.165) is 24.9 Å². The number of nitrogens with zero attached hydrogens (tertiary/aromatic N) is 2. The molecular weight excluding hydrogens is 286 g/mol. The SMILES string of the molecule is CN(C)C(=O)C1=C(Cl)NC(N2CCC(C3CC3)CC2)C=C1. The summed E-state index contributed by atoms with van der Waals surface area (Å²) in [6.45, 7) is 2.23. The number of hydrogen-bond acceptors (Lipinski definition) is 3. The third-order valence-electron chi connectivity index (χ3n) is 4.85. The molecule has 3 aliphatic rings. The highest BCUT2D eigenvalue weighted by Crippen LogP contribution is 2.42. The number of hydrogen-bond donors (Lipinski definition) is 1. The van der Waals surface area contributed by atoms with Crippen LogP contribution >= 0.6 is 11.6 Å². The molecule has 1 saturated heterocycles. The highest BCUT2D eigenvalue weighted by molar-refractivity contribution is 6.32. The molecule has 0 aromatic carbocycles. The van der Waals surface area contributed by atoms with Crippen molar-refractivity contribution in [2.75, 3.05) is 27.2 Å². The third-order valence-corrected chi connectivity index (χ3v) is 5.16. The van der Waals surface area contributed by atoms with Gasteiger partial charge in [0, 0.05) is 27.2 Å². The third kappa shape index (κ3) is 3.27. The number of halogens is 1. The van der Waals surface area contributed by atoms with E-state index >= 15 is 0 Å². The number of rotatable bonds is 3. The van der Waals surface area contributed by atoms with Crippen molar-refractivity contribution in [3.8, 4) is 0 Å². The smallest absolute Gasteiger partial charge is 0.256 e. The molecule has 0 bridgehead atoms. The fourth-order valence-electron chi connectivity index (χ4n) is 3.37. The van der Waals surface area contributed by atoms with Gasteiger partial charge in [0.2, 0.25) is 0 Å². The van der Waals surface area contributed by atoms with E-state index in [9.17, 15) is 4.79 Å². The van der Waals surface area contributed by atoms with Gasteiger partial charge < -0.3 is 10.2 Å². The molecule has 21 heavy (non-hydrogen) atoms. The molecule has 5 heteroatoms. The number of amides is 1. The topological polar surface area (TPSA) is 35.6 Å². The Bertz CT molecular complexity index is 474. The first-order valence-electron chi connectivity index (χ1n) is 7.86. The van der Waals surface area contributed by atoms with E-state index in [1.165, 1.54) is 25.7 Å². The first-order chi connectivity index (χ1) is 10.1. The van der Waals surface area contributed by atoms with Crippen LogP contribution in [0.2, 0.25) is 0 Å². The summed E-state index contributed by atoms with van der Waals surface area (Å²) in [4.78, 5) is 16.0. The van der Waals surface area contributed by atoms with Gasteiger partial charge >= 0.3 is 0 Å². The van der Waals surface area contributed by atoms with E-state index in [4.69, 9.17) is 11.6 Å². The van der Waals surface area contributed by atoms with Gasteiger partial charge in [-0.2, -0.15) is 0 Å². The molecule has 3 rings (SSSR count). The fourth-order valence-corrected chi connectivity index (χ4v) is 3.63. The summed E-state index contributed by atoms with van der Waals surface area (Å²) in [5.41, 5.74) is 0.547. The Hall–Kier alpha value is -1.00. The number of dihydropyridines is 1. The van der Waals surface area contributed by atoms with E-state index in [1.54, 1.807) is 19.0 Å². The first-order valence-corrected chi connectivity index (χ1v) is 8.24. The molecule has 1 saturated carbocycles. The lowest BCUT2D eigenvalue weighted by Crippen LogP contribution is -2.49. The maximum Gasteiger partial charge on any atom is 0.256 e. The van der Waals surface area contributed by atoms with Gasteiger partial charge in [-0.25, -0.2) is 0 Å². The fraction of sp³-hybridized carbons (Fsp3) is 0.688. The van der Waals surface area contributed by atoms with Crippen molar-refractivity contribution in [3.63, 3.8) is 0 Å². The van der Waals surface area contributed by atoms with Gasteiger partial charge in [-0.1, -0.05) is 11.6 Å². The summed E-state index contributed by atoms with van der Waals surface area (Å²) in [7, 11) is 3.48. The molecule has 2 aliphatic heterocycles. The Morgan fingerprint density at radius 1 is 1.24 bits per heavy atom. The van der Waals surface area contributed by atoms with Crippen LogP contribution in [0.3, 0.4) is 0 Å². The lowest BCUT2D eigenvalue weighted by atomic mass is 9.92. The quantitative estimate of drug-likeness (QED) is 0.811. The number of nitrogens with one attached hydrogen (secondary N) is 1. The number of piperidine rings is 1. The van der Waals surface area contributed by atoms with E-state index in [0.29, 0.717) is 10.7 Å². The zero-order valence-corrected chi connectivity index (χ0v) is 13.6. The van der Waals surface area contributed by atoms with Gasteiger partial charge in [0.1, 0.15) is 5.16 Å². The molecule has 0 spiro atoms. The van der Waals surface area contributed by atoms with Crippen LogP contribution in [0.5, 0.6) is 0 Å². The average molecular weight is 310 g/mol. The molecule has 0 radical (unpaired) electrons. The standard InChI is InChI=1S/C16H24ClN3O/c1-19(2)16(21)13-5-6-14(18-15(13)17)20-9-7-12(8-10-20)11-3-4-11/h5-6,11-12,14,18H,3-4,7-10H2,1-2H3. The summed E-state index contributed by atoms with van der Waals surface area (Å²) in [5, 5.41) is 3.73. The Morgan fingerprint density at radius 3 is 2.38 bits per heavy atom. The Morgan fingerprint density at radius 2 is 1.86 bits per heavy atom. The minimum absolute atomic E-state index is 0.0605. The Labute approximate surface area is 131 Å². The molecule has 4 nitrogen and oxygen atoms in total. The highest BCUT2D eigenvalue weighted by Gasteiger charge is 2.35. The lowest BCUT2D eigenvalue weighted by molar-refractivity contribution is -0.124. The molecule has 116 valence electrons. The van der Waals surface area contributed by atoms with Gasteiger partial charge in [-0.3, -0.25) is 9.69 Å². The largest absolute Gasteiger partial charge is 0.356 e. The van der Waals surface area contributed by atoms with Gasteiger partial charge in [0.05, 0.1) is 11.7 Å². The second-order valence-corrected chi connectivity index (χ2v) is 6.96. The van der Waals surface area contributed by atoms with Crippen LogP contribution < -0.4 is 5.32 Å². The minimum atomic E-state index is -0.0605. The van der Waals surface area contributed by atoms with Crippen LogP contribution in [-0.2, 0) is 4.79 Å². The zero-order chi connectivity index (χ0) is 15.0. The summed E-state index contributed by atoms with van der Waals surface area (Å²) in [6, 6.07) is 0. The second kappa shape index (κ2) is 6.01. The molecular formula is C16H24ClN3O. The number of likely N-dealkylation sites (tertiary alicyclic amines) is 1. The second-order valence-electron chi connectivity index (χ2n) is 6.59. The molecule has 2 heterocycles. The summed E-state index contributed by atoms with van der Waals surface area (Å²) >= 11 is 6.27. The average Bonchev–Trinajstić information content (AvgIpc) is 3.31. The van der Waals surface area contributed by atoms with Gasteiger partial charge in [-0.05, 0) is 49.7 Å². The van der Waals surface area contributed by atoms with Crippen LogP contribution in [0, 0.1) is 11.8 Å². The van der Waals surface area contributed by atoms with Crippen LogP contribution in [0.15, 0.2) is 22.9 Å². The lowest BCUT2D eigenvalue weighted by Gasteiger charge is -2.38. The van der Waals surface area contributed by atoms with Crippen molar-refractivity contribution >= 4 is 17.5 Å². The number of likely N-dealkylation sites (N-methyl/N-ethyl adjacent to an activating group) is 1. The maximum absolute atomic E-state index is 12.0. The van der Waals surface area contributed by atoms with Gasteiger partial charge in [-0.15, -0.1) is 0 Å². The summed E-state index contributed by atoms with van der Waals surface area (Å²) in [6.07, 6.45) is 9.51. The molecule has 0 aromatic rings. The van der Waals surface area contributed by atoms with Crippen molar-refractivity contribution in [3.05, 3.63) is 22.9 Å². The van der Waals surface area contributed by atoms with Crippen molar-refractivity contribution in [2.24, 2.45) is 11.8 Å². The van der Waals surface area contributed by atoms with Crippen molar-refractivity contribution in [1.29, 1.82) is 0 Å². The van der Waals surface area contributed by atoms with E-state index < -0.39 is 0 Å². The van der Waals surface area contributed by atoms with Crippen LogP contribution in [0.25, 0.3) is 0 Å². The summed E-state index contributed by atoms with van der Waals surface area (Å²) < 4.78 is 0. The first kappa shape index (κ1) is 14.9. The van der Waals surface area contributed by atoms with Crippen LogP contribution in [-0.4, -0.2) is 49.1 Å². The van der Waals surface area contributed by atoms with E-state index in [-0.39, 0.29) is 12.1 Å². The van der Waals surface area contributed by atoms with E-state index in [1.807, 2.05) is 6.08 Å². The molecule has 2 fully saturated rings. The molecule has 1 unspecified atom stereocenters. The van der Waals surface area contributed by atoms with Crippen LogP contribution in [0.1, 0.15) is 25.7 Å². The zero-order valence-electron chi connectivity index (χ0n) is 12.8. The molecule has 1 amide bonds. The van der Waals surface area contributed by atoms with Gasteiger partial charge in [0.15, 0.2) is 0 Å². The van der Waals surface area contributed by atoms with Crippen molar-refractivity contribution < 1.29 is 4.79 Å².